The standard InChI is InChI=1S/C11H24N2/c1-3-11-6-8-13(9-11)7-4-5-10(2)12/h10-11H,3-9,12H2,1-2H3. The van der Waals surface area contributed by atoms with E-state index in [-0.39, 0.29) is 0 Å². The number of hydrogen-bond acceptors (Lipinski definition) is 2. The van der Waals surface area contributed by atoms with Crippen LogP contribution in [0.2, 0.25) is 0 Å². The normalized spacial score (nSPS) is 26.5. The summed E-state index contributed by atoms with van der Waals surface area (Å²) in [5.74, 6) is 0.968. The van der Waals surface area contributed by atoms with E-state index in [0.717, 1.165) is 5.92 Å². The van der Waals surface area contributed by atoms with E-state index >= 15 is 0 Å². The number of likely N-dealkylation sites (tertiary alicyclic amines) is 1. The van der Waals surface area contributed by atoms with E-state index in [1.54, 1.807) is 0 Å². The smallest absolute Gasteiger partial charge is 0.00109 e. The van der Waals surface area contributed by atoms with Gasteiger partial charge >= 0.3 is 0 Å². The van der Waals surface area contributed by atoms with Crippen molar-refractivity contribution < 1.29 is 0 Å². The zero-order chi connectivity index (χ0) is 9.68. The lowest BCUT2D eigenvalue weighted by Gasteiger charge is -2.15. The monoisotopic (exact) mass is 184 g/mol. The summed E-state index contributed by atoms with van der Waals surface area (Å²) in [6.07, 6.45) is 5.21. The minimum absolute atomic E-state index is 0.379. The summed E-state index contributed by atoms with van der Waals surface area (Å²) >= 11 is 0. The van der Waals surface area contributed by atoms with Crippen molar-refractivity contribution in [1.29, 1.82) is 0 Å². The van der Waals surface area contributed by atoms with Crippen LogP contribution in [-0.2, 0) is 0 Å². The summed E-state index contributed by atoms with van der Waals surface area (Å²) in [4.78, 5) is 2.59. The molecule has 0 aromatic rings. The number of rotatable bonds is 5. The van der Waals surface area contributed by atoms with Gasteiger partial charge in [0.1, 0.15) is 0 Å². The molecule has 0 bridgehead atoms. The summed E-state index contributed by atoms with van der Waals surface area (Å²) in [5, 5.41) is 0. The molecule has 1 fully saturated rings. The maximum atomic E-state index is 5.71. The van der Waals surface area contributed by atoms with E-state index in [1.807, 2.05) is 0 Å². The van der Waals surface area contributed by atoms with Crippen LogP contribution in [0.3, 0.4) is 0 Å². The van der Waals surface area contributed by atoms with Crippen molar-refractivity contribution in [3.63, 3.8) is 0 Å². The van der Waals surface area contributed by atoms with Crippen LogP contribution in [0, 0.1) is 5.92 Å². The third-order valence-electron chi connectivity index (χ3n) is 3.08. The molecule has 1 saturated heterocycles. The minimum atomic E-state index is 0.379. The molecule has 1 aliphatic heterocycles. The van der Waals surface area contributed by atoms with Gasteiger partial charge in [0.05, 0.1) is 0 Å². The first-order valence-electron chi connectivity index (χ1n) is 5.70. The maximum absolute atomic E-state index is 5.71. The third-order valence-corrected chi connectivity index (χ3v) is 3.08. The van der Waals surface area contributed by atoms with Crippen molar-refractivity contribution in [1.82, 2.24) is 4.90 Å². The third kappa shape index (κ3) is 4.10. The summed E-state index contributed by atoms with van der Waals surface area (Å²) < 4.78 is 0. The largest absolute Gasteiger partial charge is 0.328 e. The zero-order valence-electron chi connectivity index (χ0n) is 9.13. The summed E-state index contributed by atoms with van der Waals surface area (Å²) in [5.41, 5.74) is 5.71. The van der Waals surface area contributed by atoms with Gasteiger partial charge in [-0.1, -0.05) is 13.3 Å². The molecule has 2 atom stereocenters. The number of nitrogens with two attached hydrogens (primary N) is 1. The van der Waals surface area contributed by atoms with E-state index in [0.29, 0.717) is 6.04 Å². The van der Waals surface area contributed by atoms with Crippen molar-refractivity contribution in [2.24, 2.45) is 11.7 Å². The molecule has 0 aromatic heterocycles. The minimum Gasteiger partial charge on any atom is -0.328 e. The van der Waals surface area contributed by atoms with Crippen LogP contribution in [-0.4, -0.2) is 30.6 Å². The van der Waals surface area contributed by atoms with Gasteiger partial charge in [-0.05, 0) is 45.2 Å². The van der Waals surface area contributed by atoms with Gasteiger partial charge in [-0.3, -0.25) is 0 Å². The lowest BCUT2D eigenvalue weighted by molar-refractivity contribution is 0.312. The predicted octanol–water partition coefficient (Wildman–Crippen LogP) is 1.85. The Kier molecular flexibility index (Phi) is 4.74. The van der Waals surface area contributed by atoms with Crippen LogP contribution < -0.4 is 5.73 Å². The van der Waals surface area contributed by atoms with E-state index in [2.05, 4.69) is 18.7 Å². The Hall–Kier alpha value is -0.0800. The van der Waals surface area contributed by atoms with E-state index in [1.165, 1.54) is 45.3 Å². The Morgan fingerprint density at radius 1 is 1.54 bits per heavy atom. The predicted molar refractivity (Wildman–Crippen MR) is 57.7 cm³/mol. The fraction of sp³-hybridized carbons (Fsp3) is 1.00. The molecule has 0 amide bonds. The van der Waals surface area contributed by atoms with Crippen molar-refractivity contribution in [2.45, 2.75) is 45.6 Å². The zero-order valence-corrected chi connectivity index (χ0v) is 9.13. The molecule has 2 unspecified atom stereocenters. The Balaban J connectivity index is 2.03. The van der Waals surface area contributed by atoms with Crippen molar-refractivity contribution >= 4 is 0 Å². The molecule has 1 rings (SSSR count). The Labute approximate surface area is 82.5 Å². The second-order valence-electron chi connectivity index (χ2n) is 4.48. The molecule has 13 heavy (non-hydrogen) atoms. The second-order valence-corrected chi connectivity index (χ2v) is 4.48. The van der Waals surface area contributed by atoms with Crippen LogP contribution >= 0.6 is 0 Å². The average Bonchev–Trinajstić information content (AvgIpc) is 2.52. The molecular formula is C11H24N2. The van der Waals surface area contributed by atoms with Gasteiger partial charge in [0.15, 0.2) is 0 Å². The Bertz CT molecular complexity index is 134. The molecule has 2 N–H and O–H groups in total. The van der Waals surface area contributed by atoms with Crippen LogP contribution in [0.5, 0.6) is 0 Å². The highest BCUT2D eigenvalue weighted by Crippen LogP contribution is 2.19. The quantitative estimate of drug-likeness (QED) is 0.706. The van der Waals surface area contributed by atoms with Gasteiger partial charge in [0, 0.05) is 12.6 Å². The first-order chi connectivity index (χ1) is 6.22. The fourth-order valence-electron chi connectivity index (χ4n) is 2.09. The van der Waals surface area contributed by atoms with Gasteiger partial charge < -0.3 is 10.6 Å². The van der Waals surface area contributed by atoms with Crippen LogP contribution in [0.4, 0.5) is 0 Å². The number of hydrogen-bond donors (Lipinski definition) is 1. The topological polar surface area (TPSA) is 29.3 Å². The van der Waals surface area contributed by atoms with Gasteiger partial charge in [-0.25, -0.2) is 0 Å². The Morgan fingerprint density at radius 2 is 2.31 bits per heavy atom. The van der Waals surface area contributed by atoms with Crippen LogP contribution in [0.15, 0.2) is 0 Å². The van der Waals surface area contributed by atoms with Gasteiger partial charge in [0.2, 0.25) is 0 Å². The van der Waals surface area contributed by atoms with Crippen LogP contribution in [0.25, 0.3) is 0 Å². The number of nitrogens with zero attached hydrogens (tertiary/aromatic N) is 1. The van der Waals surface area contributed by atoms with Crippen molar-refractivity contribution in [2.75, 3.05) is 19.6 Å². The molecular weight excluding hydrogens is 160 g/mol. The molecule has 0 spiro atoms. The summed E-state index contributed by atoms with van der Waals surface area (Å²) in [6.45, 7) is 8.31. The van der Waals surface area contributed by atoms with Gasteiger partial charge in [0.25, 0.3) is 0 Å². The maximum Gasteiger partial charge on any atom is 0.00109 e. The molecule has 0 aliphatic carbocycles. The van der Waals surface area contributed by atoms with E-state index in [9.17, 15) is 0 Å². The molecule has 2 nitrogen and oxygen atoms in total. The van der Waals surface area contributed by atoms with Gasteiger partial charge in [-0.2, -0.15) is 0 Å². The summed E-state index contributed by atoms with van der Waals surface area (Å²) in [7, 11) is 0. The van der Waals surface area contributed by atoms with Crippen molar-refractivity contribution in [3.8, 4) is 0 Å². The van der Waals surface area contributed by atoms with E-state index in [4.69, 9.17) is 5.73 Å². The fourth-order valence-corrected chi connectivity index (χ4v) is 2.09. The Morgan fingerprint density at radius 3 is 2.85 bits per heavy atom. The van der Waals surface area contributed by atoms with Crippen molar-refractivity contribution in [3.05, 3.63) is 0 Å². The van der Waals surface area contributed by atoms with E-state index < -0.39 is 0 Å². The molecule has 78 valence electrons. The average molecular weight is 184 g/mol. The highest BCUT2D eigenvalue weighted by atomic mass is 15.1. The highest BCUT2D eigenvalue weighted by Gasteiger charge is 2.19. The first kappa shape index (κ1) is 11.0. The molecule has 2 heteroatoms. The molecule has 0 aromatic carbocycles. The highest BCUT2D eigenvalue weighted by molar-refractivity contribution is 4.74. The first-order valence-corrected chi connectivity index (χ1v) is 5.70. The second kappa shape index (κ2) is 5.61. The molecule has 1 aliphatic rings. The molecule has 1 heterocycles. The lowest BCUT2D eigenvalue weighted by atomic mass is 10.1. The van der Waals surface area contributed by atoms with Gasteiger partial charge in [-0.15, -0.1) is 0 Å². The molecule has 0 saturated carbocycles. The van der Waals surface area contributed by atoms with Crippen LogP contribution in [0.1, 0.15) is 39.5 Å². The molecule has 0 radical (unpaired) electrons. The lowest BCUT2D eigenvalue weighted by Crippen LogP contribution is -2.24. The summed E-state index contributed by atoms with van der Waals surface area (Å²) in [6, 6.07) is 0.379. The SMILES string of the molecule is CCC1CCN(CCCC(C)N)C1.